The van der Waals surface area contributed by atoms with Crippen LogP contribution in [0.5, 0.6) is 0 Å². The van der Waals surface area contributed by atoms with Gasteiger partial charge in [-0.1, -0.05) is 97.6 Å². The zero-order valence-corrected chi connectivity index (χ0v) is 26.6. The van der Waals surface area contributed by atoms with Crippen LogP contribution in [-0.4, -0.2) is 21.4 Å². The molecular weight excluding hydrogens is 617 g/mol. The van der Waals surface area contributed by atoms with Crippen molar-refractivity contribution < 1.29 is 9.59 Å². The van der Waals surface area contributed by atoms with Crippen LogP contribution >= 0.6 is 0 Å². The first-order valence-corrected chi connectivity index (χ1v) is 16.3. The summed E-state index contributed by atoms with van der Waals surface area (Å²) in [5.74, 6) is -0.389. The van der Waals surface area contributed by atoms with Crippen LogP contribution in [0.25, 0.3) is 65.8 Å². The van der Waals surface area contributed by atoms with E-state index in [9.17, 15) is 9.59 Å². The molecule has 0 unspecified atom stereocenters. The summed E-state index contributed by atoms with van der Waals surface area (Å²) < 4.78 is 2.07. The maximum Gasteiger partial charge on any atom is 0.270 e. The van der Waals surface area contributed by atoms with Crippen molar-refractivity contribution in [2.75, 3.05) is 4.90 Å². The zero-order chi connectivity index (χ0) is 33.8. The summed E-state index contributed by atoms with van der Waals surface area (Å²) in [6.07, 6.45) is 0. The molecule has 0 radical (unpaired) electrons. The molecule has 50 heavy (non-hydrogen) atoms. The fraction of sp³-hybridized carbons (Fsp3) is 0. The molecule has 6 nitrogen and oxygen atoms in total. The van der Waals surface area contributed by atoms with Gasteiger partial charge in [0.2, 0.25) is 0 Å². The molecule has 0 fully saturated rings. The maximum absolute atomic E-state index is 14.7. The van der Waals surface area contributed by atoms with Crippen LogP contribution in [0.1, 0.15) is 20.7 Å². The molecule has 0 bridgehead atoms. The molecule has 6 heteroatoms. The van der Waals surface area contributed by atoms with Crippen LogP contribution in [0.4, 0.5) is 11.5 Å². The van der Waals surface area contributed by atoms with E-state index in [0.717, 1.165) is 49.6 Å². The summed E-state index contributed by atoms with van der Waals surface area (Å²) in [5.41, 5.74) is 9.07. The minimum Gasteiger partial charge on any atom is -0.361 e. The van der Waals surface area contributed by atoms with Crippen molar-refractivity contribution in [1.29, 1.82) is 0 Å². The van der Waals surface area contributed by atoms with Gasteiger partial charge in [-0.15, -0.1) is 4.98 Å². The number of hydrogen-bond donors (Lipinski definition) is 0. The van der Waals surface area contributed by atoms with Gasteiger partial charge in [-0.05, 0) is 89.0 Å². The predicted octanol–water partition coefficient (Wildman–Crippen LogP) is 10.5. The number of carbonyl (C=O) groups excluding carboxylic acids is 2. The average Bonchev–Trinajstić information content (AvgIpc) is 3.65. The van der Waals surface area contributed by atoms with E-state index in [1.807, 2.05) is 127 Å². The zero-order valence-electron chi connectivity index (χ0n) is 26.6. The van der Waals surface area contributed by atoms with Crippen LogP contribution in [0.3, 0.4) is 0 Å². The van der Waals surface area contributed by atoms with Crippen molar-refractivity contribution in [1.82, 2.24) is 9.55 Å². The van der Waals surface area contributed by atoms with E-state index in [-0.39, 0.29) is 11.8 Å². The summed E-state index contributed by atoms with van der Waals surface area (Å²) in [4.78, 5) is 38.3. The van der Waals surface area contributed by atoms with Gasteiger partial charge in [0.05, 0.1) is 33.5 Å². The number of pyridine rings is 1. The van der Waals surface area contributed by atoms with Crippen LogP contribution in [0.15, 0.2) is 158 Å². The molecule has 0 aliphatic carbocycles. The standard InChI is InChI=1S/C44H26N4O2/c1-45-41-21-11-18-37(46-41)30-22-23-39-36(27-30)34-16-8-9-19-38(34)48(39)40-20-10-17-35-42(40)44(50)47(43(35)49)33-25-31(28-12-4-2-5-13-28)24-32(26-33)29-14-6-3-7-15-29/h2-27H. The molecule has 1 aliphatic heterocycles. The normalized spacial score (nSPS) is 12.4. The van der Waals surface area contributed by atoms with E-state index in [1.165, 1.54) is 4.90 Å². The number of fused-ring (bicyclic) bond motifs is 4. The molecular formula is C44H26N4O2. The van der Waals surface area contributed by atoms with Crippen molar-refractivity contribution in [3.63, 3.8) is 0 Å². The highest BCUT2D eigenvalue weighted by Gasteiger charge is 2.39. The fourth-order valence-electron chi connectivity index (χ4n) is 7.06. The van der Waals surface area contributed by atoms with Crippen LogP contribution in [0, 0.1) is 6.57 Å². The molecule has 0 saturated heterocycles. The van der Waals surface area contributed by atoms with E-state index in [0.29, 0.717) is 34.0 Å². The van der Waals surface area contributed by atoms with E-state index in [4.69, 9.17) is 6.57 Å². The Kier molecular flexibility index (Phi) is 6.72. The Bertz CT molecular complexity index is 2650. The number of imide groups is 1. The molecule has 3 heterocycles. The minimum absolute atomic E-state index is 0.336. The van der Waals surface area contributed by atoms with Crippen LogP contribution in [-0.2, 0) is 0 Å². The molecule has 8 aromatic rings. The topological polar surface area (TPSA) is 59.6 Å². The molecule has 2 aromatic heterocycles. The lowest BCUT2D eigenvalue weighted by molar-refractivity contribution is 0.0926. The molecule has 0 atom stereocenters. The third-order valence-electron chi connectivity index (χ3n) is 9.34. The van der Waals surface area contributed by atoms with Crippen molar-refractivity contribution >= 4 is 45.1 Å². The molecule has 234 valence electrons. The summed E-state index contributed by atoms with van der Waals surface area (Å²) in [6.45, 7) is 7.40. The predicted molar refractivity (Wildman–Crippen MR) is 199 cm³/mol. The number of aromatic nitrogens is 2. The van der Waals surface area contributed by atoms with Gasteiger partial charge in [0, 0.05) is 16.3 Å². The van der Waals surface area contributed by atoms with Gasteiger partial charge >= 0.3 is 0 Å². The van der Waals surface area contributed by atoms with Crippen molar-refractivity contribution in [3.05, 3.63) is 180 Å². The third-order valence-corrected chi connectivity index (χ3v) is 9.34. The van der Waals surface area contributed by atoms with E-state index < -0.39 is 0 Å². The Hall–Kier alpha value is -7.10. The number of amides is 2. The second-order valence-corrected chi connectivity index (χ2v) is 12.2. The molecule has 1 aliphatic rings. The van der Waals surface area contributed by atoms with Gasteiger partial charge in [0.25, 0.3) is 17.6 Å². The lowest BCUT2D eigenvalue weighted by atomic mass is 9.97. The highest BCUT2D eigenvalue weighted by molar-refractivity contribution is 6.36. The first-order chi connectivity index (χ1) is 24.6. The maximum atomic E-state index is 14.7. The Morgan fingerprint density at radius 2 is 1.18 bits per heavy atom. The average molecular weight is 643 g/mol. The molecule has 0 N–H and O–H groups in total. The van der Waals surface area contributed by atoms with Crippen LogP contribution < -0.4 is 4.90 Å². The van der Waals surface area contributed by atoms with E-state index in [2.05, 4.69) is 32.6 Å². The molecule has 6 aromatic carbocycles. The Labute approximate surface area is 287 Å². The molecule has 9 rings (SSSR count). The highest BCUT2D eigenvalue weighted by Crippen LogP contribution is 2.40. The summed E-state index contributed by atoms with van der Waals surface area (Å²) >= 11 is 0. The van der Waals surface area contributed by atoms with Crippen molar-refractivity contribution in [3.8, 4) is 39.2 Å². The van der Waals surface area contributed by atoms with E-state index in [1.54, 1.807) is 12.1 Å². The second kappa shape index (κ2) is 11.6. The van der Waals surface area contributed by atoms with Gasteiger partial charge in [0.1, 0.15) is 0 Å². The van der Waals surface area contributed by atoms with Crippen molar-refractivity contribution in [2.24, 2.45) is 0 Å². The Morgan fingerprint density at radius 3 is 1.90 bits per heavy atom. The second-order valence-electron chi connectivity index (χ2n) is 12.2. The van der Waals surface area contributed by atoms with Crippen molar-refractivity contribution in [2.45, 2.75) is 0 Å². The smallest absolute Gasteiger partial charge is 0.270 e. The quantitative estimate of drug-likeness (QED) is 0.139. The Morgan fingerprint density at radius 1 is 0.520 bits per heavy atom. The first kappa shape index (κ1) is 29.1. The number of benzene rings is 6. The monoisotopic (exact) mass is 642 g/mol. The molecule has 0 spiro atoms. The van der Waals surface area contributed by atoms with E-state index >= 15 is 0 Å². The summed E-state index contributed by atoms with van der Waals surface area (Å²) in [7, 11) is 0. The van der Waals surface area contributed by atoms with Gasteiger partial charge in [-0.25, -0.2) is 4.90 Å². The largest absolute Gasteiger partial charge is 0.361 e. The van der Waals surface area contributed by atoms with Crippen LogP contribution in [0.2, 0.25) is 0 Å². The molecule has 2 amide bonds. The Balaban J connectivity index is 1.21. The fourth-order valence-corrected chi connectivity index (χ4v) is 7.06. The SMILES string of the molecule is [C-]#[N+]c1cccc(-c2ccc3c(c2)c2ccccc2n3-c2cccc3c2C(=O)N(c2cc(-c4ccccc4)cc(-c4ccccc4)c2)C3=O)n1. The number of rotatable bonds is 5. The summed E-state index contributed by atoms with van der Waals surface area (Å²) in [5, 5.41) is 1.97. The molecule has 0 saturated carbocycles. The van der Waals surface area contributed by atoms with Gasteiger partial charge in [-0.2, -0.15) is 0 Å². The number of carbonyl (C=O) groups is 2. The lowest BCUT2D eigenvalue weighted by Gasteiger charge is -2.18. The third kappa shape index (κ3) is 4.61. The van der Waals surface area contributed by atoms with Gasteiger partial charge in [-0.3, -0.25) is 9.59 Å². The summed E-state index contributed by atoms with van der Waals surface area (Å²) in [6, 6.07) is 50.9. The lowest BCUT2D eigenvalue weighted by Crippen LogP contribution is -2.29. The number of hydrogen-bond acceptors (Lipinski definition) is 3. The number of anilines is 1. The van der Waals surface area contributed by atoms with Gasteiger partial charge < -0.3 is 9.41 Å². The van der Waals surface area contributed by atoms with Gasteiger partial charge in [0.15, 0.2) is 5.69 Å². The minimum atomic E-state index is -0.368. The number of para-hydroxylation sites is 1. The number of nitrogens with zero attached hydrogens (tertiary/aromatic N) is 4. The first-order valence-electron chi connectivity index (χ1n) is 16.3. The highest BCUT2D eigenvalue weighted by atomic mass is 16.2.